The van der Waals surface area contributed by atoms with E-state index in [0.29, 0.717) is 13.1 Å². The van der Waals surface area contributed by atoms with Gasteiger partial charge in [-0.1, -0.05) is 0 Å². The number of carbonyl (C=O) groups is 3. The van der Waals surface area contributed by atoms with Crippen molar-refractivity contribution in [2.45, 2.75) is 64.1 Å². The molecule has 1 saturated heterocycles. The molecule has 1 heterocycles. The van der Waals surface area contributed by atoms with Gasteiger partial charge in [-0.05, 0) is 40.0 Å². The van der Waals surface area contributed by atoms with E-state index in [9.17, 15) is 14.4 Å². The number of ether oxygens (including phenoxy) is 1. The summed E-state index contributed by atoms with van der Waals surface area (Å²) in [6, 6.07) is -0.389. The van der Waals surface area contributed by atoms with Crippen molar-refractivity contribution in [1.29, 1.82) is 0 Å². The predicted octanol–water partition coefficient (Wildman–Crippen LogP) is 0.964. The van der Waals surface area contributed by atoms with Gasteiger partial charge in [0.2, 0.25) is 5.91 Å². The van der Waals surface area contributed by atoms with Gasteiger partial charge in [0.1, 0.15) is 5.60 Å². The molecule has 0 bridgehead atoms. The van der Waals surface area contributed by atoms with Crippen LogP contribution in [0.25, 0.3) is 0 Å². The number of alkyl carbamates (subject to hydrolysis) is 1. The zero-order chi connectivity index (χ0) is 17.7. The second-order valence-corrected chi connectivity index (χ2v) is 7.42. The van der Waals surface area contributed by atoms with Crippen LogP contribution >= 0.6 is 0 Å². The van der Waals surface area contributed by atoms with E-state index in [-0.39, 0.29) is 30.9 Å². The van der Waals surface area contributed by atoms with Crippen LogP contribution in [-0.2, 0) is 9.53 Å². The van der Waals surface area contributed by atoms with Gasteiger partial charge in [0, 0.05) is 32.1 Å². The SMILES string of the molecule is CC(C)(C)OC(=O)N[C@@H](CC(=O)NC1CC1)CN1CCCNC1=O. The lowest BCUT2D eigenvalue weighted by molar-refractivity contribution is -0.121. The number of hydrogen-bond acceptors (Lipinski definition) is 4. The van der Waals surface area contributed by atoms with Crippen LogP contribution in [0.4, 0.5) is 9.59 Å². The van der Waals surface area contributed by atoms with Crippen molar-refractivity contribution in [1.82, 2.24) is 20.9 Å². The molecule has 2 fully saturated rings. The third-order valence-corrected chi connectivity index (χ3v) is 3.70. The van der Waals surface area contributed by atoms with Crippen molar-refractivity contribution < 1.29 is 19.1 Å². The van der Waals surface area contributed by atoms with Gasteiger partial charge < -0.3 is 25.6 Å². The minimum atomic E-state index is -0.618. The predicted molar refractivity (Wildman–Crippen MR) is 88.5 cm³/mol. The average Bonchev–Trinajstić information content (AvgIpc) is 3.22. The van der Waals surface area contributed by atoms with Crippen molar-refractivity contribution in [3.63, 3.8) is 0 Å². The van der Waals surface area contributed by atoms with E-state index in [2.05, 4.69) is 16.0 Å². The molecule has 8 heteroatoms. The Morgan fingerprint density at radius 1 is 1.38 bits per heavy atom. The average molecular weight is 340 g/mol. The maximum Gasteiger partial charge on any atom is 0.407 e. The zero-order valence-electron chi connectivity index (χ0n) is 14.7. The molecule has 0 unspecified atom stereocenters. The van der Waals surface area contributed by atoms with E-state index in [0.717, 1.165) is 19.3 Å². The maximum atomic E-state index is 12.1. The molecule has 2 rings (SSSR count). The molecule has 0 spiro atoms. The van der Waals surface area contributed by atoms with Gasteiger partial charge in [-0.2, -0.15) is 0 Å². The molecule has 1 saturated carbocycles. The van der Waals surface area contributed by atoms with E-state index in [4.69, 9.17) is 4.74 Å². The highest BCUT2D eigenvalue weighted by Gasteiger charge is 2.28. The first kappa shape index (κ1) is 18.4. The first-order chi connectivity index (χ1) is 11.2. The van der Waals surface area contributed by atoms with Crippen LogP contribution in [0.5, 0.6) is 0 Å². The van der Waals surface area contributed by atoms with Crippen LogP contribution in [0.15, 0.2) is 0 Å². The minimum absolute atomic E-state index is 0.115. The Bertz CT molecular complexity index is 485. The fraction of sp³-hybridized carbons (Fsp3) is 0.812. The van der Waals surface area contributed by atoms with Gasteiger partial charge in [0.15, 0.2) is 0 Å². The highest BCUT2D eigenvalue weighted by Crippen LogP contribution is 2.19. The van der Waals surface area contributed by atoms with Crippen LogP contribution in [-0.4, -0.2) is 60.3 Å². The van der Waals surface area contributed by atoms with Gasteiger partial charge in [0.25, 0.3) is 0 Å². The van der Waals surface area contributed by atoms with Crippen LogP contribution in [0.1, 0.15) is 46.5 Å². The number of rotatable bonds is 6. The summed E-state index contributed by atoms with van der Waals surface area (Å²) in [4.78, 5) is 37.6. The zero-order valence-corrected chi connectivity index (χ0v) is 14.7. The molecule has 0 aromatic carbocycles. The van der Waals surface area contributed by atoms with Crippen molar-refractivity contribution in [3.8, 4) is 0 Å². The number of nitrogens with one attached hydrogen (secondary N) is 3. The molecule has 0 aromatic rings. The second-order valence-electron chi connectivity index (χ2n) is 7.42. The standard InChI is InChI=1S/C16H28N4O4/c1-16(2,3)24-15(23)19-12(9-13(21)18-11-5-6-11)10-20-8-4-7-17-14(20)22/h11-12H,4-10H2,1-3H3,(H,17,22)(H,18,21)(H,19,23)/t12-/m0/s1. The van der Waals surface area contributed by atoms with Gasteiger partial charge in [0.05, 0.1) is 6.04 Å². The lowest BCUT2D eigenvalue weighted by atomic mass is 10.1. The molecule has 0 aromatic heterocycles. The van der Waals surface area contributed by atoms with Gasteiger partial charge >= 0.3 is 12.1 Å². The molecule has 1 aliphatic heterocycles. The van der Waals surface area contributed by atoms with Crippen LogP contribution in [0.2, 0.25) is 0 Å². The molecule has 136 valence electrons. The summed E-state index contributed by atoms with van der Waals surface area (Å²) in [5.74, 6) is -0.115. The Balaban J connectivity index is 1.92. The lowest BCUT2D eigenvalue weighted by Gasteiger charge is -2.31. The largest absolute Gasteiger partial charge is 0.444 e. The van der Waals surface area contributed by atoms with Crippen LogP contribution in [0, 0.1) is 0 Å². The summed E-state index contributed by atoms with van der Waals surface area (Å²) >= 11 is 0. The normalized spacial score (nSPS) is 19.3. The summed E-state index contributed by atoms with van der Waals surface area (Å²) in [7, 11) is 0. The summed E-state index contributed by atoms with van der Waals surface area (Å²) < 4.78 is 5.26. The van der Waals surface area contributed by atoms with Crippen molar-refractivity contribution >= 4 is 18.0 Å². The van der Waals surface area contributed by atoms with Crippen LogP contribution in [0.3, 0.4) is 0 Å². The fourth-order valence-electron chi connectivity index (χ4n) is 2.49. The van der Waals surface area contributed by atoms with Gasteiger partial charge in [-0.3, -0.25) is 4.79 Å². The van der Waals surface area contributed by atoms with E-state index in [1.807, 2.05) is 0 Å². The van der Waals surface area contributed by atoms with E-state index in [1.54, 1.807) is 25.7 Å². The van der Waals surface area contributed by atoms with Gasteiger partial charge in [-0.25, -0.2) is 9.59 Å². The van der Waals surface area contributed by atoms with Gasteiger partial charge in [-0.15, -0.1) is 0 Å². The molecule has 1 aliphatic carbocycles. The molecule has 1 atom stereocenters. The first-order valence-electron chi connectivity index (χ1n) is 8.54. The van der Waals surface area contributed by atoms with Crippen molar-refractivity contribution in [2.24, 2.45) is 0 Å². The minimum Gasteiger partial charge on any atom is -0.444 e. The number of urea groups is 1. The lowest BCUT2D eigenvalue weighted by Crippen LogP contribution is -2.53. The Kier molecular flexibility index (Phi) is 5.90. The smallest absolute Gasteiger partial charge is 0.407 e. The molecule has 0 radical (unpaired) electrons. The topological polar surface area (TPSA) is 99.8 Å². The monoisotopic (exact) mass is 340 g/mol. The van der Waals surface area contributed by atoms with E-state index in [1.165, 1.54) is 0 Å². The summed E-state index contributed by atoms with van der Waals surface area (Å²) in [6.45, 7) is 6.88. The first-order valence-corrected chi connectivity index (χ1v) is 8.54. The summed E-state index contributed by atoms with van der Waals surface area (Å²) in [5, 5.41) is 8.39. The van der Waals surface area contributed by atoms with Crippen molar-refractivity contribution in [2.75, 3.05) is 19.6 Å². The third-order valence-electron chi connectivity index (χ3n) is 3.70. The molecular weight excluding hydrogens is 312 g/mol. The second kappa shape index (κ2) is 7.72. The van der Waals surface area contributed by atoms with E-state index < -0.39 is 17.7 Å². The number of nitrogens with zero attached hydrogens (tertiary/aromatic N) is 1. The Labute approximate surface area is 142 Å². The van der Waals surface area contributed by atoms with Crippen molar-refractivity contribution in [3.05, 3.63) is 0 Å². The fourth-order valence-corrected chi connectivity index (χ4v) is 2.49. The highest BCUT2D eigenvalue weighted by atomic mass is 16.6. The third kappa shape index (κ3) is 6.64. The molecular formula is C16H28N4O4. The summed E-state index contributed by atoms with van der Waals surface area (Å²) in [6.07, 6.45) is 2.40. The molecule has 8 nitrogen and oxygen atoms in total. The molecule has 2 aliphatic rings. The number of hydrogen-bond donors (Lipinski definition) is 3. The number of amides is 4. The summed E-state index contributed by atoms with van der Waals surface area (Å²) in [5.41, 5.74) is -0.618. The molecule has 4 amide bonds. The molecule has 3 N–H and O–H groups in total. The van der Waals surface area contributed by atoms with E-state index >= 15 is 0 Å². The Morgan fingerprint density at radius 2 is 2.08 bits per heavy atom. The number of carbonyl (C=O) groups excluding carboxylic acids is 3. The quantitative estimate of drug-likeness (QED) is 0.670. The highest BCUT2D eigenvalue weighted by molar-refractivity contribution is 5.79. The van der Waals surface area contributed by atoms with Crippen LogP contribution < -0.4 is 16.0 Å². The Morgan fingerprint density at radius 3 is 2.67 bits per heavy atom. The Hall–Kier alpha value is -1.99. The molecule has 24 heavy (non-hydrogen) atoms. The maximum absolute atomic E-state index is 12.1.